The van der Waals surface area contributed by atoms with Crippen molar-refractivity contribution in [2.45, 2.75) is 50.2 Å². The first kappa shape index (κ1) is 14.8. The van der Waals surface area contributed by atoms with Gasteiger partial charge >= 0.3 is 6.03 Å². The summed E-state index contributed by atoms with van der Waals surface area (Å²) in [5, 5.41) is 12.3. The van der Waals surface area contributed by atoms with Crippen LogP contribution in [0.1, 0.15) is 37.9 Å². The summed E-state index contributed by atoms with van der Waals surface area (Å²) in [4.78, 5) is 27.3. The second-order valence-electron chi connectivity index (χ2n) is 4.85. The van der Waals surface area contributed by atoms with E-state index in [0.717, 1.165) is 25.7 Å². The zero-order valence-electron chi connectivity index (χ0n) is 11.4. The van der Waals surface area contributed by atoms with E-state index in [4.69, 9.17) is 0 Å². The van der Waals surface area contributed by atoms with Crippen LogP contribution >= 0.6 is 11.8 Å². The first-order chi connectivity index (χ1) is 9.63. The minimum Gasteiger partial charge on any atom is -0.335 e. The Hall–Kier alpha value is -1.57. The summed E-state index contributed by atoms with van der Waals surface area (Å²) in [6, 6.07) is -0.214. The summed E-state index contributed by atoms with van der Waals surface area (Å²) in [6.07, 6.45) is 5.49. The Morgan fingerprint density at radius 3 is 2.75 bits per heavy atom. The molecule has 1 heterocycles. The Morgan fingerprint density at radius 2 is 2.10 bits per heavy atom. The van der Waals surface area contributed by atoms with Crippen LogP contribution in [0.2, 0.25) is 0 Å². The fourth-order valence-corrected chi connectivity index (χ4v) is 2.79. The van der Waals surface area contributed by atoms with Gasteiger partial charge < -0.3 is 5.32 Å². The minimum atomic E-state index is -0.409. The molecule has 0 atom stereocenters. The number of carbonyl (C=O) groups is 2. The molecule has 3 N–H and O–H groups in total. The first-order valence-corrected chi connectivity index (χ1v) is 7.74. The molecular formula is C12H19N5O2S. The summed E-state index contributed by atoms with van der Waals surface area (Å²) in [5.41, 5.74) is 0. The standard InChI is InChI=1S/C12H19N5O2S/c1-8-13-12(17-16-8)20-7-10(18)15-11(19)14-9-5-3-2-4-6-9/h9H,2-7H2,1H3,(H,13,16,17)(H2,14,15,18,19). The molecule has 0 unspecified atom stereocenters. The van der Waals surface area contributed by atoms with Crippen LogP contribution in [-0.4, -0.2) is 38.9 Å². The SMILES string of the molecule is Cc1nc(SCC(=O)NC(=O)NC2CCCCC2)n[nH]1. The van der Waals surface area contributed by atoms with Gasteiger partial charge in [-0.3, -0.25) is 15.2 Å². The van der Waals surface area contributed by atoms with E-state index in [1.54, 1.807) is 6.92 Å². The minimum absolute atomic E-state index is 0.120. The van der Waals surface area contributed by atoms with E-state index in [-0.39, 0.29) is 17.7 Å². The lowest BCUT2D eigenvalue weighted by Crippen LogP contribution is -2.45. The molecule has 8 heteroatoms. The molecule has 3 amide bonds. The summed E-state index contributed by atoms with van der Waals surface area (Å²) < 4.78 is 0. The second kappa shape index (κ2) is 7.28. The van der Waals surface area contributed by atoms with Gasteiger partial charge in [0.1, 0.15) is 5.82 Å². The van der Waals surface area contributed by atoms with E-state index < -0.39 is 6.03 Å². The number of carbonyl (C=O) groups excluding carboxylic acids is 2. The molecule has 1 fully saturated rings. The lowest BCUT2D eigenvalue weighted by Gasteiger charge is -2.22. The van der Waals surface area contributed by atoms with Gasteiger partial charge in [0.2, 0.25) is 11.1 Å². The summed E-state index contributed by atoms with van der Waals surface area (Å²) in [5.74, 6) is 0.476. The molecule has 1 aliphatic rings. The Labute approximate surface area is 121 Å². The fourth-order valence-electron chi connectivity index (χ4n) is 2.15. The molecule has 110 valence electrons. The maximum Gasteiger partial charge on any atom is 0.321 e. The average molecular weight is 297 g/mol. The quantitative estimate of drug-likeness (QED) is 0.729. The average Bonchev–Trinajstić information content (AvgIpc) is 2.83. The maximum atomic E-state index is 11.6. The van der Waals surface area contributed by atoms with Gasteiger partial charge in [-0.2, -0.15) is 0 Å². The van der Waals surface area contributed by atoms with Crippen LogP contribution in [-0.2, 0) is 4.79 Å². The topological polar surface area (TPSA) is 99.8 Å². The van der Waals surface area contributed by atoms with Crippen LogP contribution in [0.4, 0.5) is 4.79 Å². The van der Waals surface area contributed by atoms with Crippen molar-refractivity contribution >= 4 is 23.7 Å². The van der Waals surface area contributed by atoms with Crippen LogP contribution in [0, 0.1) is 6.92 Å². The number of H-pyrrole nitrogens is 1. The lowest BCUT2D eigenvalue weighted by atomic mass is 9.96. The second-order valence-corrected chi connectivity index (χ2v) is 5.79. The van der Waals surface area contributed by atoms with Crippen molar-refractivity contribution in [3.05, 3.63) is 5.82 Å². The van der Waals surface area contributed by atoms with Crippen molar-refractivity contribution in [3.8, 4) is 0 Å². The number of urea groups is 1. The highest BCUT2D eigenvalue weighted by Gasteiger charge is 2.17. The zero-order chi connectivity index (χ0) is 14.4. The number of aromatic amines is 1. The van der Waals surface area contributed by atoms with Crippen LogP contribution in [0.15, 0.2) is 5.16 Å². The molecule has 0 bridgehead atoms. The van der Waals surface area contributed by atoms with E-state index in [9.17, 15) is 9.59 Å². The highest BCUT2D eigenvalue weighted by molar-refractivity contribution is 7.99. The third-order valence-corrected chi connectivity index (χ3v) is 3.95. The van der Waals surface area contributed by atoms with Crippen molar-refractivity contribution in [1.29, 1.82) is 0 Å². The molecule has 0 saturated heterocycles. The number of amides is 3. The van der Waals surface area contributed by atoms with Crippen LogP contribution in [0.3, 0.4) is 0 Å². The van der Waals surface area contributed by atoms with E-state index in [1.807, 2.05) is 0 Å². The highest BCUT2D eigenvalue weighted by atomic mass is 32.2. The van der Waals surface area contributed by atoms with Gasteiger partial charge in [-0.15, -0.1) is 5.10 Å². The third-order valence-electron chi connectivity index (χ3n) is 3.10. The van der Waals surface area contributed by atoms with Crippen molar-refractivity contribution in [2.75, 3.05) is 5.75 Å². The van der Waals surface area contributed by atoms with Crippen LogP contribution in [0.5, 0.6) is 0 Å². The number of rotatable bonds is 4. The number of nitrogens with one attached hydrogen (secondary N) is 3. The number of thioether (sulfide) groups is 1. The first-order valence-electron chi connectivity index (χ1n) is 6.75. The Kier molecular flexibility index (Phi) is 5.40. The van der Waals surface area contributed by atoms with E-state index >= 15 is 0 Å². The highest BCUT2D eigenvalue weighted by Crippen LogP contribution is 2.17. The largest absolute Gasteiger partial charge is 0.335 e. The molecule has 1 aromatic rings. The summed E-state index contributed by atoms with van der Waals surface area (Å²) >= 11 is 1.19. The monoisotopic (exact) mass is 297 g/mol. The van der Waals surface area contributed by atoms with Gasteiger partial charge in [0.05, 0.1) is 5.75 Å². The summed E-state index contributed by atoms with van der Waals surface area (Å²) in [6.45, 7) is 1.79. The zero-order valence-corrected chi connectivity index (χ0v) is 12.3. The Bertz CT molecular complexity index is 470. The van der Waals surface area contributed by atoms with Crippen molar-refractivity contribution in [2.24, 2.45) is 0 Å². The molecule has 1 saturated carbocycles. The molecule has 2 rings (SSSR count). The van der Waals surface area contributed by atoms with Crippen LogP contribution < -0.4 is 10.6 Å². The predicted octanol–water partition coefficient (Wildman–Crippen LogP) is 1.36. The molecule has 20 heavy (non-hydrogen) atoms. The fraction of sp³-hybridized carbons (Fsp3) is 0.667. The molecule has 1 aromatic heterocycles. The van der Waals surface area contributed by atoms with Gasteiger partial charge in [-0.05, 0) is 19.8 Å². The van der Waals surface area contributed by atoms with E-state index in [2.05, 4.69) is 25.8 Å². The van der Waals surface area contributed by atoms with Gasteiger partial charge in [0.15, 0.2) is 0 Å². The Morgan fingerprint density at radius 1 is 1.35 bits per heavy atom. The van der Waals surface area contributed by atoms with Crippen LogP contribution in [0.25, 0.3) is 0 Å². The van der Waals surface area contributed by atoms with E-state index in [1.165, 1.54) is 18.2 Å². The van der Waals surface area contributed by atoms with Gasteiger partial charge in [-0.1, -0.05) is 31.0 Å². The van der Waals surface area contributed by atoms with Gasteiger partial charge in [0.25, 0.3) is 0 Å². The van der Waals surface area contributed by atoms with E-state index in [0.29, 0.717) is 11.0 Å². The molecule has 1 aliphatic carbocycles. The summed E-state index contributed by atoms with van der Waals surface area (Å²) in [7, 11) is 0. The van der Waals surface area contributed by atoms with Crippen molar-refractivity contribution in [3.63, 3.8) is 0 Å². The molecular weight excluding hydrogens is 278 g/mol. The molecule has 0 aromatic carbocycles. The third kappa shape index (κ3) is 4.84. The number of aryl methyl sites for hydroxylation is 1. The number of imide groups is 1. The smallest absolute Gasteiger partial charge is 0.321 e. The molecule has 0 aliphatic heterocycles. The van der Waals surface area contributed by atoms with Crippen molar-refractivity contribution in [1.82, 2.24) is 25.8 Å². The van der Waals surface area contributed by atoms with Gasteiger partial charge in [-0.25, -0.2) is 9.78 Å². The molecule has 7 nitrogen and oxygen atoms in total. The normalized spacial score (nSPS) is 15.8. The number of hydrogen-bond acceptors (Lipinski definition) is 5. The maximum absolute atomic E-state index is 11.6. The number of nitrogens with zero attached hydrogens (tertiary/aromatic N) is 2. The molecule has 0 spiro atoms. The number of aromatic nitrogens is 3. The molecule has 0 radical (unpaired) electrons. The lowest BCUT2D eigenvalue weighted by molar-refractivity contribution is -0.117. The number of hydrogen-bond donors (Lipinski definition) is 3. The van der Waals surface area contributed by atoms with Gasteiger partial charge in [0, 0.05) is 6.04 Å². The Balaban J connectivity index is 1.66. The predicted molar refractivity (Wildman–Crippen MR) is 75.4 cm³/mol. The van der Waals surface area contributed by atoms with Crippen molar-refractivity contribution < 1.29 is 9.59 Å².